The van der Waals surface area contributed by atoms with Crippen LogP contribution in [0.2, 0.25) is 0 Å². The van der Waals surface area contributed by atoms with Crippen LogP contribution < -0.4 is 14.8 Å². The number of esters is 1. The molecule has 142 valence electrons. The standard InChI is InChI=1S/C20H20FNO5/c1-13(20(24)22-16-7-5-4-6-15(16)21)27-19(23)11-9-14-8-10-17(25-2)18(12-14)26-3/h4-13H,1-3H3,(H,22,24)/b11-9+/t13-/m1/s1. The van der Waals surface area contributed by atoms with E-state index in [0.29, 0.717) is 17.1 Å². The Morgan fingerprint density at radius 1 is 1.07 bits per heavy atom. The first kappa shape index (κ1) is 20.0. The summed E-state index contributed by atoms with van der Waals surface area (Å²) in [4.78, 5) is 23.9. The molecule has 0 radical (unpaired) electrons. The Morgan fingerprint density at radius 3 is 2.44 bits per heavy atom. The van der Waals surface area contributed by atoms with Gasteiger partial charge in [-0.05, 0) is 42.8 Å². The second-order valence-corrected chi connectivity index (χ2v) is 5.50. The summed E-state index contributed by atoms with van der Waals surface area (Å²) in [6, 6.07) is 10.9. The van der Waals surface area contributed by atoms with Crippen molar-refractivity contribution in [2.45, 2.75) is 13.0 Å². The van der Waals surface area contributed by atoms with E-state index in [1.165, 1.54) is 51.5 Å². The van der Waals surface area contributed by atoms with Gasteiger partial charge in [0.25, 0.3) is 5.91 Å². The Balaban J connectivity index is 1.95. The fraction of sp³-hybridized carbons (Fsp3) is 0.200. The number of ether oxygens (including phenoxy) is 3. The minimum absolute atomic E-state index is 0.0197. The van der Waals surface area contributed by atoms with Gasteiger partial charge in [-0.1, -0.05) is 18.2 Å². The third kappa shape index (κ3) is 5.57. The maximum atomic E-state index is 13.5. The average Bonchev–Trinajstić information content (AvgIpc) is 2.67. The van der Waals surface area contributed by atoms with Crippen molar-refractivity contribution in [3.8, 4) is 11.5 Å². The van der Waals surface area contributed by atoms with E-state index >= 15 is 0 Å². The number of hydrogen-bond donors (Lipinski definition) is 1. The van der Waals surface area contributed by atoms with Crippen LogP contribution in [0, 0.1) is 5.82 Å². The smallest absolute Gasteiger partial charge is 0.331 e. The number of carbonyl (C=O) groups is 2. The van der Waals surface area contributed by atoms with E-state index in [0.717, 1.165) is 0 Å². The predicted molar refractivity (Wildman–Crippen MR) is 99.2 cm³/mol. The van der Waals surface area contributed by atoms with Crippen molar-refractivity contribution < 1.29 is 28.2 Å². The largest absolute Gasteiger partial charge is 0.493 e. The molecule has 0 heterocycles. The Kier molecular flexibility index (Phi) is 6.93. The maximum Gasteiger partial charge on any atom is 0.331 e. The van der Waals surface area contributed by atoms with E-state index in [2.05, 4.69) is 5.32 Å². The van der Waals surface area contributed by atoms with Crippen LogP contribution in [-0.4, -0.2) is 32.2 Å². The summed E-state index contributed by atoms with van der Waals surface area (Å²) in [6.07, 6.45) is 1.62. The van der Waals surface area contributed by atoms with Crippen molar-refractivity contribution >= 4 is 23.6 Å². The molecule has 0 aliphatic heterocycles. The van der Waals surface area contributed by atoms with E-state index in [9.17, 15) is 14.0 Å². The third-order valence-corrected chi connectivity index (χ3v) is 3.61. The Morgan fingerprint density at radius 2 is 1.78 bits per heavy atom. The summed E-state index contributed by atoms with van der Waals surface area (Å²) in [5, 5.41) is 2.37. The molecule has 6 nitrogen and oxygen atoms in total. The summed E-state index contributed by atoms with van der Waals surface area (Å²) < 4.78 is 28.9. The lowest BCUT2D eigenvalue weighted by molar-refractivity contribution is -0.148. The first-order valence-electron chi connectivity index (χ1n) is 8.10. The van der Waals surface area contributed by atoms with Crippen molar-refractivity contribution in [1.82, 2.24) is 0 Å². The summed E-state index contributed by atoms with van der Waals surface area (Å²) in [7, 11) is 3.04. The first-order valence-corrected chi connectivity index (χ1v) is 8.10. The van der Waals surface area contributed by atoms with Crippen LogP contribution in [0.5, 0.6) is 11.5 Å². The van der Waals surface area contributed by atoms with Gasteiger partial charge in [0.05, 0.1) is 19.9 Å². The van der Waals surface area contributed by atoms with Gasteiger partial charge in [0, 0.05) is 6.08 Å². The van der Waals surface area contributed by atoms with Gasteiger partial charge in [0.1, 0.15) is 5.82 Å². The fourth-order valence-corrected chi connectivity index (χ4v) is 2.18. The number of benzene rings is 2. The van der Waals surface area contributed by atoms with E-state index in [4.69, 9.17) is 14.2 Å². The number of methoxy groups -OCH3 is 2. The second kappa shape index (κ2) is 9.38. The number of anilines is 1. The van der Waals surface area contributed by atoms with Gasteiger partial charge in [0.2, 0.25) is 0 Å². The van der Waals surface area contributed by atoms with Gasteiger partial charge in [-0.25, -0.2) is 9.18 Å². The Labute approximate surface area is 156 Å². The molecule has 0 saturated heterocycles. The highest BCUT2D eigenvalue weighted by atomic mass is 19.1. The zero-order valence-electron chi connectivity index (χ0n) is 15.2. The van der Waals surface area contributed by atoms with E-state index < -0.39 is 23.8 Å². The zero-order chi connectivity index (χ0) is 19.8. The lowest BCUT2D eigenvalue weighted by Gasteiger charge is -2.12. The van der Waals surface area contributed by atoms with Crippen LogP contribution in [0.3, 0.4) is 0 Å². The molecule has 27 heavy (non-hydrogen) atoms. The minimum atomic E-state index is -1.09. The molecule has 0 aliphatic rings. The Bertz CT molecular complexity index is 850. The third-order valence-electron chi connectivity index (χ3n) is 3.61. The van der Waals surface area contributed by atoms with Gasteiger partial charge in [-0.2, -0.15) is 0 Å². The zero-order valence-corrected chi connectivity index (χ0v) is 15.2. The number of halogens is 1. The van der Waals surface area contributed by atoms with Gasteiger partial charge >= 0.3 is 5.97 Å². The maximum absolute atomic E-state index is 13.5. The van der Waals surface area contributed by atoms with Gasteiger partial charge < -0.3 is 19.5 Å². The molecule has 0 saturated carbocycles. The minimum Gasteiger partial charge on any atom is -0.493 e. The topological polar surface area (TPSA) is 73.9 Å². The molecule has 7 heteroatoms. The predicted octanol–water partition coefficient (Wildman–Crippen LogP) is 3.43. The average molecular weight is 373 g/mol. The van der Waals surface area contributed by atoms with Crippen LogP contribution in [0.25, 0.3) is 6.08 Å². The van der Waals surface area contributed by atoms with E-state index in [1.807, 2.05) is 0 Å². The molecule has 0 bridgehead atoms. The van der Waals surface area contributed by atoms with Gasteiger partial charge in [-0.15, -0.1) is 0 Å². The Hall–Kier alpha value is -3.35. The number of nitrogens with one attached hydrogen (secondary N) is 1. The van der Waals surface area contributed by atoms with E-state index in [-0.39, 0.29) is 5.69 Å². The molecule has 2 rings (SSSR count). The number of rotatable bonds is 7. The van der Waals surface area contributed by atoms with Crippen molar-refractivity contribution in [3.05, 3.63) is 59.9 Å². The summed E-state index contributed by atoms with van der Waals surface area (Å²) in [5.41, 5.74) is 0.708. The molecular formula is C20H20FNO5. The number of amides is 1. The highest BCUT2D eigenvalue weighted by molar-refractivity contribution is 5.96. The highest BCUT2D eigenvalue weighted by Crippen LogP contribution is 2.27. The van der Waals surface area contributed by atoms with Crippen LogP contribution in [0.15, 0.2) is 48.5 Å². The van der Waals surface area contributed by atoms with Crippen LogP contribution in [0.4, 0.5) is 10.1 Å². The lowest BCUT2D eigenvalue weighted by Crippen LogP contribution is -2.29. The normalized spacial score (nSPS) is 11.7. The molecule has 1 N–H and O–H groups in total. The second-order valence-electron chi connectivity index (χ2n) is 5.50. The molecular weight excluding hydrogens is 353 g/mol. The monoisotopic (exact) mass is 373 g/mol. The van der Waals surface area contributed by atoms with Crippen LogP contribution in [-0.2, 0) is 14.3 Å². The van der Waals surface area contributed by atoms with E-state index in [1.54, 1.807) is 24.3 Å². The molecule has 2 aromatic carbocycles. The number of hydrogen-bond acceptors (Lipinski definition) is 5. The molecule has 0 unspecified atom stereocenters. The van der Waals surface area contributed by atoms with Gasteiger partial charge in [0.15, 0.2) is 17.6 Å². The molecule has 0 aliphatic carbocycles. The van der Waals surface area contributed by atoms with Crippen LogP contribution >= 0.6 is 0 Å². The molecule has 0 fully saturated rings. The summed E-state index contributed by atoms with van der Waals surface area (Å²) in [6.45, 7) is 1.40. The quantitative estimate of drug-likeness (QED) is 0.595. The van der Waals surface area contributed by atoms with Gasteiger partial charge in [-0.3, -0.25) is 4.79 Å². The summed E-state index contributed by atoms with van der Waals surface area (Å²) in [5.74, 6) is -0.826. The molecule has 2 aromatic rings. The van der Waals surface area contributed by atoms with Crippen molar-refractivity contribution in [2.24, 2.45) is 0 Å². The van der Waals surface area contributed by atoms with Crippen molar-refractivity contribution in [1.29, 1.82) is 0 Å². The van der Waals surface area contributed by atoms with Crippen molar-refractivity contribution in [2.75, 3.05) is 19.5 Å². The molecule has 1 atom stereocenters. The summed E-state index contributed by atoms with van der Waals surface area (Å²) >= 11 is 0. The molecule has 0 aromatic heterocycles. The molecule has 0 spiro atoms. The fourth-order valence-electron chi connectivity index (χ4n) is 2.18. The van der Waals surface area contributed by atoms with Crippen LogP contribution in [0.1, 0.15) is 12.5 Å². The van der Waals surface area contributed by atoms with Crippen molar-refractivity contribution in [3.63, 3.8) is 0 Å². The SMILES string of the molecule is COc1ccc(/C=C/C(=O)O[C@H](C)C(=O)Nc2ccccc2F)cc1OC. The highest BCUT2D eigenvalue weighted by Gasteiger charge is 2.17. The number of para-hydroxylation sites is 1. The molecule has 1 amide bonds. The lowest BCUT2D eigenvalue weighted by atomic mass is 10.2. The first-order chi connectivity index (χ1) is 12.9. The number of carbonyl (C=O) groups excluding carboxylic acids is 2.